The van der Waals surface area contributed by atoms with Crippen molar-refractivity contribution < 1.29 is 43.7 Å². The molecule has 0 aromatic heterocycles. The van der Waals surface area contributed by atoms with Crippen LogP contribution in [0.15, 0.2) is 63.8 Å². The molecule has 2 aromatic rings. The summed E-state index contributed by atoms with van der Waals surface area (Å²) in [4.78, 5) is 71.0. The smallest absolute Gasteiger partial charge is 0.336 e. The number of unbranched alkanes of at least 4 members (excludes halogenated alkanes) is 2. The Hall–Kier alpha value is -6.03. The van der Waals surface area contributed by atoms with E-state index in [0.717, 1.165) is 0 Å². The van der Waals surface area contributed by atoms with Crippen LogP contribution in [0.4, 0.5) is 5.69 Å². The fraction of sp³-hybridized carbons (Fsp3) is 0.265. The highest BCUT2D eigenvalue weighted by Gasteiger charge is 2.23. The van der Waals surface area contributed by atoms with Crippen LogP contribution in [-0.4, -0.2) is 69.2 Å². The summed E-state index contributed by atoms with van der Waals surface area (Å²) in [7, 11) is 0. The number of nitrogens with two attached hydrogens (primary N) is 1. The zero-order valence-corrected chi connectivity index (χ0v) is 27.4. The number of nitrogens with one attached hydrogen (secondary N) is 4. The van der Waals surface area contributed by atoms with Crippen molar-refractivity contribution in [2.45, 2.75) is 44.6 Å². The maximum Gasteiger partial charge on any atom is 0.336 e. The van der Waals surface area contributed by atoms with Gasteiger partial charge in [0.05, 0.1) is 5.56 Å². The molecule has 50 heavy (non-hydrogen) atoms. The lowest BCUT2D eigenvalue weighted by Gasteiger charge is -2.18. The Balaban J connectivity index is 1.33. The maximum atomic E-state index is 12.5. The Labute approximate surface area is 290 Å². The summed E-state index contributed by atoms with van der Waals surface area (Å²) < 4.78 is 5.86. The number of aliphatic carboxylic acids is 1. The molecule has 1 aliphatic carbocycles. The van der Waals surface area contributed by atoms with Crippen LogP contribution >= 0.6 is 12.2 Å². The highest BCUT2D eigenvalue weighted by Crippen LogP contribution is 2.42. The molecule has 4 rings (SSSR count). The van der Waals surface area contributed by atoms with Crippen LogP contribution < -0.4 is 32.4 Å². The molecule has 3 amide bonds. The number of rotatable bonds is 16. The van der Waals surface area contributed by atoms with E-state index in [1.165, 1.54) is 30.3 Å². The van der Waals surface area contributed by atoms with Crippen LogP contribution in [0.2, 0.25) is 0 Å². The molecule has 0 radical (unpaired) electrons. The van der Waals surface area contributed by atoms with Gasteiger partial charge < -0.3 is 46.7 Å². The van der Waals surface area contributed by atoms with Crippen molar-refractivity contribution in [1.29, 1.82) is 0 Å². The predicted molar refractivity (Wildman–Crippen MR) is 187 cm³/mol. The number of primary amides is 1. The minimum Gasteiger partial charge on any atom is -0.508 e. The highest BCUT2D eigenvalue weighted by molar-refractivity contribution is 7.80. The number of carbonyl (C=O) groups excluding carboxylic acids is 3. The van der Waals surface area contributed by atoms with Gasteiger partial charge in [-0.2, -0.15) is 0 Å². The molecule has 0 spiro atoms. The van der Waals surface area contributed by atoms with Crippen LogP contribution in [0.5, 0.6) is 5.75 Å². The fourth-order valence-electron chi connectivity index (χ4n) is 5.24. The van der Waals surface area contributed by atoms with Crippen LogP contribution in [0.25, 0.3) is 33.4 Å². The summed E-state index contributed by atoms with van der Waals surface area (Å²) in [5.74, 6) is -4.10. The molecule has 2 aliphatic rings. The highest BCUT2D eigenvalue weighted by atomic mass is 32.1. The van der Waals surface area contributed by atoms with Gasteiger partial charge in [0.1, 0.15) is 29.7 Å². The summed E-state index contributed by atoms with van der Waals surface area (Å²) in [6.07, 6.45) is 1.57. The van der Waals surface area contributed by atoms with Gasteiger partial charge in [-0.05, 0) is 73.4 Å². The Morgan fingerprint density at radius 2 is 1.64 bits per heavy atom. The molecular weight excluding hydrogens is 670 g/mol. The first kappa shape index (κ1) is 36.8. The van der Waals surface area contributed by atoms with E-state index in [9.17, 15) is 39.0 Å². The molecule has 0 fully saturated rings. The van der Waals surface area contributed by atoms with Crippen LogP contribution in [0.1, 0.15) is 48.9 Å². The summed E-state index contributed by atoms with van der Waals surface area (Å²) in [5.41, 5.74) is 6.88. The van der Waals surface area contributed by atoms with Gasteiger partial charge in [-0.25, -0.2) is 4.79 Å². The van der Waals surface area contributed by atoms with E-state index in [0.29, 0.717) is 53.6 Å². The first-order valence-electron chi connectivity index (χ1n) is 15.5. The third-order valence-corrected chi connectivity index (χ3v) is 7.81. The van der Waals surface area contributed by atoms with E-state index in [1.54, 1.807) is 24.3 Å². The second-order valence-corrected chi connectivity index (χ2v) is 11.7. The van der Waals surface area contributed by atoms with Crippen molar-refractivity contribution >= 4 is 63.6 Å². The molecule has 0 saturated carbocycles. The van der Waals surface area contributed by atoms with E-state index in [1.807, 2.05) is 0 Å². The van der Waals surface area contributed by atoms with Gasteiger partial charge in [0.2, 0.25) is 17.7 Å². The largest absolute Gasteiger partial charge is 0.508 e. The number of fused-ring (bicyclic) bond motifs is 2. The van der Waals surface area contributed by atoms with Crippen LogP contribution in [0.3, 0.4) is 0 Å². The molecule has 1 unspecified atom stereocenters. The lowest BCUT2D eigenvalue weighted by Crippen LogP contribution is -2.48. The summed E-state index contributed by atoms with van der Waals surface area (Å²) >= 11 is 5.39. The number of benzene rings is 3. The number of hydrogen-bond donors (Lipinski definition) is 8. The summed E-state index contributed by atoms with van der Waals surface area (Å²) in [6.45, 7) is -0.190. The Morgan fingerprint density at radius 3 is 2.36 bits per heavy atom. The number of amides is 3. The van der Waals surface area contributed by atoms with Gasteiger partial charge in [0.15, 0.2) is 10.5 Å². The Bertz CT molecular complexity index is 1980. The first-order valence-corrected chi connectivity index (χ1v) is 15.9. The number of phenolic OH excluding ortho intramolecular Hbond substituents is 1. The number of carboxylic acids is 2. The van der Waals surface area contributed by atoms with Gasteiger partial charge in [0, 0.05) is 53.7 Å². The quantitative estimate of drug-likeness (QED) is 0.0475. The van der Waals surface area contributed by atoms with Crippen molar-refractivity contribution in [1.82, 2.24) is 16.0 Å². The zero-order chi connectivity index (χ0) is 36.4. The normalized spacial score (nSPS) is 11.4. The molecule has 1 heterocycles. The molecule has 2 aromatic carbocycles. The van der Waals surface area contributed by atoms with E-state index >= 15 is 0 Å². The predicted octanol–water partition coefficient (Wildman–Crippen LogP) is 2.77. The van der Waals surface area contributed by atoms with Crippen molar-refractivity contribution in [2.24, 2.45) is 5.73 Å². The number of aromatic carboxylic acids is 1. The van der Waals surface area contributed by atoms with E-state index in [-0.39, 0.29) is 52.5 Å². The molecule has 1 aliphatic heterocycles. The fourth-order valence-corrected chi connectivity index (χ4v) is 5.46. The van der Waals surface area contributed by atoms with Gasteiger partial charge in [0.25, 0.3) is 0 Å². The van der Waals surface area contributed by atoms with Crippen molar-refractivity contribution in [3.8, 4) is 28.2 Å². The molecule has 9 N–H and O–H groups in total. The van der Waals surface area contributed by atoms with Crippen LogP contribution in [0, 0.1) is 0 Å². The van der Waals surface area contributed by atoms with Gasteiger partial charge >= 0.3 is 11.9 Å². The minimum atomic E-state index is -1.25. The molecule has 15 nitrogen and oxygen atoms in total. The Kier molecular flexibility index (Phi) is 12.4. The molecule has 0 saturated heterocycles. The number of carbonyl (C=O) groups is 5. The van der Waals surface area contributed by atoms with Crippen molar-refractivity contribution in [3.05, 3.63) is 70.4 Å². The summed E-state index contributed by atoms with van der Waals surface area (Å²) in [5, 5.41) is 40.4. The number of aromatic hydroxyl groups is 1. The summed E-state index contributed by atoms with van der Waals surface area (Å²) in [6, 6.07) is 12.3. The number of anilines is 1. The van der Waals surface area contributed by atoms with Gasteiger partial charge in [-0.15, -0.1) is 0 Å². The minimum absolute atomic E-state index is 0.0413. The molecular formula is C34H35N5O10S. The lowest BCUT2D eigenvalue weighted by molar-refractivity contribution is -0.138. The van der Waals surface area contributed by atoms with E-state index in [2.05, 4.69) is 21.3 Å². The van der Waals surface area contributed by atoms with Gasteiger partial charge in [-0.3, -0.25) is 24.0 Å². The zero-order valence-electron chi connectivity index (χ0n) is 26.6. The molecule has 0 bridgehead atoms. The standard InChI is InChI=1S/C34H35N5O10S/c35-28(42)12-11-25(32(46)37-17-30(44)45)39-29(43)4-2-1-3-13-36-34(50)38-18-5-8-21(24(14-18)33(47)48)31-22-9-6-19(40)15-26(22)49-27-16-20(41)7-10-23(27)31/h5-10,14-16,25,40H,1-4,11-13,17H2,(H2,35,42)(H,37,46)(H,39,43)(H,44,45)(H,47,48)(H2,36,38,50). The molecule has 16 heteroatoms. The van der Waals surface area contributed by atoms with E-state index in [4.69, 9.17) is 27.5 Å². The number of phenols is 1. The van der Waals surface area contributed by atoms with Crippen molar-refractivity contribution in [3.63, 3.8) is 0 Å². The monoisotopic (exact) mass is 705 g/mol. The van der Waals surface area contributed by atoms with Crippen molar-refractivity contribution in [2.75, 3.05) is 18.4 Å². The van der Waals surface area contributed by atoms with Gasteiger partial charge in [-0.1, -0.05) is 12.5 Å². The van der Waals surface area contributed by atoms with E-state index < -0.39 is 42.2 Å². The topological polar surface area (TPSA) is 250 Å². The lowest BCUT2D eigenvalue weighted by atomic mass is 9.90. The second kappa shape index (κ2) is 16.9. The SMILES string of the molecule is NC(=O)CCC(NC(=O)CCCCCNC(=S)Nc1ccc(-c2c3ccc(=O)cc-3oc3cc(O)ccc23)c(C(=O)O)c1)C(=O)NCC(=O)O. The maximum absolute atomic E-state index is 12.5. The average Bonchev–Trinajstić information content (AvgIpc) is 3.05. The number of carboxylic acid groups (broad SMARTS) is 2. The first-order chi connectivity index (χ1) is 23.8. The number of thiocarbonyl (C=S) groups is 1. The third-order valence-electron chi connectivity index (χ3n) is 7.57. The number of hydrogen-bond acceptors (Lipinski definition) is 9. The van der Waals surface area contributed by atoms with Crippen LogP contribution in [-0.2, 0) is 19.2 Å². The third kappa shape index (κ3) is 9.99. The Morgan fingerprint density at radius 1 is 0.880 bits per heavy atom. The molecule has 262 valence electrons. The average molecular weight is 706 g/mol. The molecule has 1 atom stereocenters. The second-order valence-electron chi connectivity index (χ2n) is 11.3.